The lowest BCUT2D eigenvalue weighted by molar-refractivity contribution is 0.597. The highest BCUT2D eigenvalue weighted by atomic mass is 32.2. The number of hydrogen-bond donors (Lipinski definition) is 2. The molecular weight excluding hydrogens is 264 g/mol. The van der Waals surface area contributed by atoms with Crippen LogP contribution in [0, 0.1) is 0 Å². The molecule has 1 unspecified atom stereocenters. The normalized spacial score (nSPS) is 13.2. The summed E-state index contributed by atoms with van der Waals surface area (Å²) in [6, 6.07) is 6.54. The van der Waals surface area contributed by atoms with E-state index in [1.807, 2.05) is 20.2 Å². The molecule has 1 aromatic heterocycles. The quantitative estimate of drug-likeness (QED) is 0.881. The SMILES string of the molecule is CC(Nc1cnn(C)c1)c1ccc(S(N)(=O)=O)cc1. The average Bonchev–Trinajstić information content (AvgIpc) is 2.74. The van der Waals surface area contributed by atoms with E-state index in [4.69, 9.17) is 5.14 Å². The van der Waals surface area contributed by atoms with Gasteiger partial charge in [0.25, 0.3) is 0 Å². The van der Waals surface area contributed by atoms with Gasteiger partial charge >= 0.3 is 0 Å². The van der Waals surface area contributed by atoms with E-state index in [0.29, 0.717) is 0 Å². The molecule has 0 radical (unpaired) electrons. The zero-order chi connectivity index (χ0) is 14.0. The zero-order valence-electron chi connectivity index (χ0n) is 10.7. The minimum atomic E-state index is -3.63. The van der Waals surface area contributed by atoms with E-state index in [1.165, 1.54) is 12.1 Å². The number of rotatable bonds is 4. The minimum absolute atomic E-state index is 0.0405. The van der Waals surface area contributed by atoms with Crippen molar-refractivity contribution in [3.8, 4) is 0 Å². The number of aromatic nitrogens is 2. The molecule has 1 aromatic carbocycles. The maximum absolute atomic E-state index is 11.2. The van der Waals surface area contributed by atoms with Crippen LogP contribution in [0.1, 0.15) is 18.5 Å². The second kappa shape index (κ2) is 5.02. The van der Waals surface area contributed by atoms with Gasteiger partial charge < -0.3 is 5.32 Å². The molecule has 0 saturated heterocycles. The number of anilines is 1. The van der Waals surface area contributed by atoms with Crippen molar-refractivity contribution in [3.63, 3.8) is 0 Å². The summed E-state index contributed by atoms with van der Waals surface area (Å²) in [5, 5.41) is 12.4. The van der Waals surface area contributed by atoms with Crippen molar-refractivity contribution in [1.82, 2.24) is 9.78 Å². The largest absolute Gasteiger partial charge is 0.376 e. The van der Waals surface area contributed by atoms with Crippen LogP contribution in [0.3, 0.4) is 0 Å². The summed E-state index contributed by atoms with van der Waals surface area (Å²) < 4.78 is 24.0. The molecule has 0 aliphatic carbocycles. The lowest BCUT2D eigenvalue weighted by atomic mass is 10.1. The Bertz CT molecular complexity index is 661. The molecule has 3 N–H and O–H groups in total. The number of aryl methyl sites for hydroxylation is 1. The number of sulfonamides is 1. The van der Waals surface area contributed by atoms with Crippen LogP contribution < -0.4 is 10.5 Å². The van der Waals surface area contributed by atoms with Gasteiger partial charge in [0.15, 0.2) is 0 Å². The monoisotopic (exact) mass is 280 g/mol. The van der Waals surface area contributed by atoms with E-state index < -0.39 is 10.0 Å². The number of nitrogens with two attached hydrogens (primary N) is 1. The van der Waals surface area contributed by atoms with Crippen molar-refractivity contribution in [2.75, 3.05) is 5.32 Å². The fourth-order valence-electron chi connectivity index (χ4n) is 1.78. The Morgan fingerprint density at radius 3 is 2.42 bits per heavy atom. The minimum Gasteiger partial charge on any atom is -0.376 e. The van der Waals surface area contributed by atoms with Gasteiger partial charge in [-0.2, -0.15) is 5.10 Å². The van der Waals surface area contributed by atoms with Crippen LogP contribution in [0.2, 0.25) is 0 Å². The van der Waals surface area contributed by atoms with E-state index in [2.05, 4.69) is 10.4 Å². The van der Waals surface area contributed by atoms with Crippen LogP contribution >= 0.6 is 0 Å². The molecule has 6 nitrogen and oxygen atoms in total. The van der Waals surface area contributed by atoms with Gasteiger partial charge in [-0.25, -0.2) is 13.6 Å². The van der Waals surface area contributed by atoms with Gasteiger partial charge in [0, 0.05) is 19.3 Å². The first-order chi connectivity index (χ1) is 8.86. The Kier molecular flexibility index (Phi) is 3.59. The summed E-state index contributed by atoms with van der Waals surface area (Å²) >= 11 is 0. The van der Waals surface area contributed by atoms with Crippen molar-refractivity contribution in [2.24, 2.45) is 12.2 Å². The van der Waals surface area contributed by atoms with Gasteiger partial charge in [-0.3, -0.25) is 4.68 Å². The Labute approximate surface area is 112 Å². The highest BCUT2D eigenvalue weighted by molar-refractivity contribution is 7.89. The summed E-state index contributed by atoms with van der Waals surface area (Å²) in [6.45, 7) is 1.99. The fourth-order valence-corrected chi connectivity index (χ4v) is 2.29. The molecule has 1 atom stereocenters. The smallest absolute Gasteiger partial charge is 0.238 e. The average molecular weight is 280 g/mol. The third-order valence-corrected chi connectivity index (χ3v) is 3.73. The second-order valence-corrected chi connectivity index (χ2v) is 5.94. The van der Waals surface area contributed by atoms with Crippen molar-refractivity contribution >= 4 is 15.7 Å². The lowest BCUT2D eigenvalue weighted by Gasteiger charge is -2.14. The molecule has 102 valence electrons. The van der Waals surface area contributed by atoms with Gasteiger partial charge in [0.1, 0.15) is 0 Å². The molecule has 0 bridgehead atoms. The Hall–Kier alpha value is -1.86. The third-order valence-electron chi connectivity index (χ3n) is 2.80. The number of nitrogens with zero attached hydrogens (tertiary/aromatic N) is 2. The maximum atomic E-state index is 11.2. The molecule has 0 aliphatic heterocycles. The van der Waals surface area contributed by atoms with Gasteiger partial charge in [0.2, 0.25) is 10.0 Å². The van der Waals surface area contributed by atoms with E-state index >= 15 is 0 Å². The first-order valence-corrected chi connectivity index (χ1v) is 7.29. The summed E-state index contributed by atoms with van der Waals surface area (Å²) in [5.41, 5.74) is 1.88. The molecule has 0 spiro atoms. The van der Waals surface area contributed by atoms with Crippen molar-refractivity contribution in [1.29, 1.82) is 0 Å². The first-order valence-electron chi connectivity index (χ1n) is 5.74. The molecule has 2 rings (SSSR count). The third kappa shape index (κ3) is 3.33. The molecule has 19 heavy (non-hydrogen) atoms. The van der Waals surface area contributed by atoms with E-state index in [0.717, 1.165) is 11.3 Å². The van der Waals surface area contributed by atoms with E-state index in [9.17, 15) is 8.42 Å². The number of hydrogen-bond acceptors (Lipinski definition) is 4. The van der Waals surface area contributed by atoms with Gasteiger partial charge in [-0.15, -0.1) is 0 Å². The summed E-state index contributed by atoms with van der Waals surface area (Å²) in [7, 11) is -1.79. The van der Waals surface area contributed by atoms with Crippen molar-refractivity contribution in [3.05, 3.63) is 42.2 Å². The van der Waals surface area contributed by atoms with Crippen LogP contribution in [0.25, 0.3) is 0 Å². The Balaban J connectivity index is 2.14. The van der Waals surface area contributed by atoms with Gasteiger partial charge in [-0.1, -0.05) is 12.1 Å². The number of primary sulfonamides is 1. The van der Waals surface area contributed by atoms with Crippen LogP contribution in [0.15, 0.2) is 41.6 Å². The highest BCUT2D eigenvalue weighted by Gasteiger charge is 2.10. The van der Waals surface area contributed by atoms with Crippen LogP contribution in [0.4, 0.5) is 5.69 Å². The van der Waals surface area contributed by atoms with E-state index in [1.54, 1.807) is 23.0 Å². The first kappa shape index (κ1) is 13.6. The van der Waals surface area contributed by atoms with E-state index in [-0.39, 0.29) is 10.9 Å². The van der Waals surface area contributed by atoms with Crippen LogP contribution in [0.5, 0.6) is 0 Å². The molecule has 0 amide bonds. The Morgan fingerprint density at radius 1 is 1.32 bits per heavy atom. The molecule has 2 aromatic rings. The fraction of sp³-hybridized carbons (Fsp3) is 0.250. The molecule has 0 aliphatic rings. The standard InChI is InChI=1S/C12H16N4O2S/c1-9(15-11-7-14-16(2)8-11)10-3-5-12(6-4-10)19(13,17)18/h3-9,15H,1-2H3,(H2,13,17,18). The second-order valence-electron chi connectivity index (χ2n) is 4.38. The Morgan fingerprint density at radius 2 is 1.95 bits per heavy atom. The summed E-state index contributed by atoms with van der Waals surface area (Å²) in [5.74, 6) is 0. The topological polar surface area (TPSA) is 90.0 Å². The number of nitrogens with one attached hydrogen (secondary N) is 1. The molecule has 0 fully saturated rings. The lowest BCUT2D eigenvalue weighted by Crippen LogP contribution is -2.12. The van der Waals surface area contributed by atoms with Gasteiger partial charge in [-0.05, 0) is 24.6 Å². The van der Waals surface area contributed by atoms with Gasteiger partial charge in [0.05, 0.1) is 16.8 Å². The number of benzene rings is 1. The zero-order valence-corrected chi connectivity index (χ0v) is 11.6. The van der Waals surface area contributed by atoms with Crippen LogP contribution in [-0.4, -0.2) is 18.2 Å². The molecular formula is C12H16N4O2S. The van der Waals surface area contributed by atoms with Crippen molar-refractivity contribution in [2.45, 2.75) is 17.9 Å². The summed E-state index contributed by atoms with van der Waals surface area (Å²) in [6.07, 6.45) is 3.60. The summed E-state index contributed by atoms with van der Waals surface area (Å²) in [4.78, 5) is 0.116. The maximum Gasteiger partial charge on any atom is 0.238 e. The highest BCUT2D eigenvalue weighted by Crippen LogP contribution is 2.19. The van der Waals surface area contributed by atoms with Crippen LogP contribution in [-0.2, 0) is 17.1 Å². The predicted octanol–water partition coefficient (Wildman–Crippen LogP) is 1.24. The molecule has 0 saturated carbocycles. The molecule has 1 heterocycles. The predicted molar refractivity (Wildman–Crippen MR) is 73.1 cm³/mol. The molecule has 7 heteroatoms. The van der Waals surface area contributed by atoms with Crippen molar-refractivity contribution < 1.29 is 8.42 Å².